The van der Waals surface area contributed by atoms with Gasteiger partial charge in [0.1, 0.15) is 5.82 Å². The van der Waals surface area contributed by atoms with E-state index in [1.807, 2.05) is 0 Å². The summed E-state index contributed by atoms with van der Waals surface area (Å²) < 4.78 is 12.4. The van der Waals surface area contributed by atoms with Gasteiger partial charge in [-0.05, 0) is 12.8 Å². The monoisotopic (exact) mass is 299 g/mol. The second kappa shape index (κ2) is 7.08. The molecule has 1 unspecified atom stereocenters. The van der Waals surface area contributed by atoms with E-state index in [4.69, 9.17) is 4.74 Å². The Balaban J connectivity index is 2.11. The molecule has 0 N–H and O–H groups in total. The first kappa shape index (κ1) is 15.3. The topological polar surface area (TPSA) is 66.2 Å². The lowest BCUT2D eigenvalue weighted by Crippen LogP contribution is -2.18. The summed E-state index contributed by atoms with van der Waals surface area (Å²) in [6.45, 7) is 5.76. The summed E-state index contributed by atoms with van der Waals surface area (Å²) in [6, 6.07) is 0. The predicted octanol–water partition coefficient (Wildman–Crippen LogP) is 1.85. The van der Waals surface area contributed by atoms with Gasteiger partial charge in [0, 0.05) is 12.5 Å². The van der Waals surface area contributed by atoms with Crippen LogP contribution in [0.1, 0.15) is 38.4 Å². The van der Waals surface area contributed by atoms with E-state index in [9.17, 15) is 4.79 Å². The maximum Gasteiger partial charge on any atom is 0.316 e. The molecule has 0 radical (unpaired) electrons. The normalized spacial score (nSPS) is 18.7. The van der Waals surface area contributed by atoms with E-state index in [0.29, 0.717) is 0 Å². The van der Waals surface area contributed by atoms with Gasteiger partial charge in [-0.15, -0.1) is 10.2 Å². The van der Waals surface area contributed by atoms with Gasteiger partial charge in [0.25, 0.3) is 0 Å². The average molecular weight is 299 g/mol. The van der Waals surface area contributed by atoms with Gasteiger partial charge >= 0.3 is 5.97 Å². The first-order valence-electron chi connectivity index (χ1n) is 6.86. The van der Waals surface area contributed by atoms with Gasteiger partial charge in [-0.25, -0.2) is 0 Å². The van der Waals surface area contributed by atoms with Crippen molar-refractivity contribution in [3.63, 3.8) is 0 Å². The van der Waals surface area contributed by atoms with Crippen LogP contribution in [0, 0.1) is 0 Å². The Labute approximate surface area is 123 Å². The number of ether oxygens (including phenoxy) is 2. The minimum atomic E-state index is -0.257. The Kier molecular flexibility index (Phi) is 5.42. The lowest BCUT2D eigenvalue weighted by atomic mass is 10.2. The number of hydrogen-bond acceptors (Lipinski definition) is 6. The fraction of sp³-hybridized carbons (Fsp3) is 0.769. The maximum absolute atomic E-state index is 11.3. The Morgan fingerprint density at radius 2 is 2.35 bits per heavy atom. The van der Waals surface area contributed by atoms with Gasteiger partial charge in [-0.1, -0.05) is 25.6 Å². The smallest absolute Gasteiger partial charge is 0.316 e. The SMILES string of the molecule is COC(=O)CSc1nnc(C(C)C)n1CC1CCCO1. The molecule has 1 fully saturated rings. The summed E-state index contributed by atoms with van der Waals surface area (Å²) in [5.74, 6) is 1.22. The molecule has 1 aromatic rings. The van der Waals surface area contributed by atoms with Crippen molar-refractivity contribution < 1.29 is 14.3 Å². The fourth-order valence-electron chi connectivity index (χ4n) is 2.18. The highest BCUT2D eigenvalue weighted by atomic mass is 32.2. The molecule has 1 aliphatic heterocycles. The Bertz CT molecular complexity index is 456. The highest BCUT2D eigenvalue weighted by Crippen LogP contribution is 2.24. The average Bonchev–Trinajstić information content (AvgIpc) is 3.06. The molecule has 7 heteroatoms. The summed E-state index contributed by atoms with van der Waals surface area (Å²) in [7, 11) is 1.39. The van der Waals surface area contributed by atoms with Gasteiger partial charge in [0.05, 0.1) is 25.5 Å². The first-order chi connectivity index (χ1) is 9.61. The molecule has 1 aliphatic rings. The number of esters is 1. The van der Waals surface area contributed by atoms with E-state index < -0.39 is 0 Å². The molecular weight excluding hydrogens is 278 g/mol. The molecule has 0 saturated carbocycles. The zero-order valence-corrected chi connectivity index (χ0v) is 13.0. The molecule has 1 saturated heterocycles. The molecule has 20 heavy (non-hydrogen) atoms. The number of hydrogen-bond donors (Lipinski definition) is 0. The molecular formula is C13H21N3O3S. The van der Waals surface area contributed by atoms with Crippen LogP contribution in [0.3, 0.4) is 0 Å². The molecule has 112 valence electrons. The third kappa shape index (κ3) is 3.73. The number of carbonyl (C=O) groups excluding carboxylic acids is 1. The minimum absolute atomic E-state index is 0.223. The third-order valence-electron chi connectivity index (χ3n) is 3.22. The van der Waals surface area contributed by atoms with Crippen molar-refractivity contribution in [1.29, 1.82) is 0 Å². The van der Waals surface area contributed by atoms with Crippen LogP contribution in [0.4, 0.5) is 0 Å². The summed E-state index contributed by atoms with van der Waals surface area (Å²) >= 11 is 1.36. The van der Waals surface area contributed by atoms with Gasteiger partial charge < -0.3 is 14.0 Å². The largest absolute Gasteiger partial charge is 0.468 e. The number of methoxy groups -OCH3 is 1. The second-order valence-corrected chi connectivity index (χ2v) is 6.05. The molecule has 6 nitrogen and oxygen atoms in total. The molecule has 0 aromatic carbocycles. The van der Waals surface area contributed by atoms with E-state index in [-0.39, 0.29) is 23.7 Å². The van der Waals surface area contributed by atoms with Crippen LogP contribution >= 0.6 is 11.8 Å². The fourth-order valence-corrected chi connectivity index (χ4v) is 2.97. The standard InChI is InChI=1S/C13H21N3O3S/c1-9(2)12-14-15-13(20-8-11(17)18-3)16(12)7-10-5-4-6-19-10/h9-10H,4-8H2,1-3H3. The summed E-state index contributed by atoms with van der Waals surface area (Å²) in [6.07, 6.45) is 2.40. The lowest BCUT2D eigenvalue weighted by molar-refractivity contribution is -0.137. The van der Waals surface area contributed by atoms with Crippen LogP contribution in [0.15, 0.2) is 5.16 Å². The van der Waals surface area contributed by atoms with Crippen LogP contribution in [-0.2, 0) is 20.8 Å². The van der Waals surface area contributed by atoms with E-state index in [1.165, 1.54) is 18.9 Å². The van der Waals surface area contributed by atoms with Crippen molar-refractivity contribution in [2.24, 2.45) is 0 Å². The molecule has 0 spiro atoms. The second-order valence-electron chi connectivity index (χ2n) is 5.11. The van der Waals surface area contributed by atoms with Crippen LogP contribution in [0.25, 0.3) is 0 Å². The van der Waals surface area contributed by atoms with Crippen LogP contribution in [0.5, 0.6) is 0 Å². The molecule has 2 rings (SSSR count). The van der Waals surface area contributed by atoms with Crippen molar-refractivity contribution in [3.8, 4) is 0 Å². The maximum atomic E-state index is 11.3. The van der Waals surface area contributed by atoms with Crippen molar-refractivity contribution >= 4 is 17.7 Å². The van der Waals surface area contributed by atoms with Gasteiger partial charge in [-0.3, -0.25) is 4.79 Å². The van der Waals surface area contributed by atoms with Crippen LogP contribution in [0.2, 0.25) is 0 Å². The predicted molar refractivity (Wildman–Crippen MR) is 75.8 cm³/mol. The van der Waals surface area contributed by atoms with Crippen molar-refractivity contribution in [2.45, 2.75) is 50.4 Å². The molecule has 0 amide bonds. The van der Waals surface area contributed by atoms with E-state index in [0.717, 1.165) is 37.0 Å². The van der Waals surface area contributed by atoms with Crippen molar-refractivity contribution in [1.82, 2.24) is 14.8 Å². The summed E-state index contributed by atoms with van der Waals surface area (Å²) in [5.41, 5.74) is 0. The number of aromatic nitrogens is 3. The summed E-state index contributed by atoms with van der Waals surface area (Å²) in [4.78, 5) is 11.3. The van der Waals surface area contributed by atoms with Crippen molar-refractivity contribution in [3.05, 3.63) is 5.82 Å². The Morgan fingerprint density at radius 3 is 2.95 bits per heavy atom. The number of thioether (sulfide) groups is 1. The summed E-state index contributed by atoms with van der Waals surface area (Å²) in [5, 5.41) is 9.20. The first-order valence-corrected chi connectivity index (χ1v) is 7.84. The minimum Gasteiger partial charge on any atom is -0.468 e. The number of carbonyl (C=O) groups is 1. The lowest BCUT2D eigenvalue weighted by Gasteiger charge is -2.15. The molecule has 1 atom stereocenters. The number of rotatable bonds is 6. The molecule has 0 aliphatic carbocycles. The highest BCUT2D eigenvalue weighted by Gasteiger charge is 2.22. The molecule has 1 aromatic heterocycles. The van der Waals surface area contributed by atoms with Gasteiger partial charge in [0.2, 0.25) is 0 Å². The van der Waals surface area contributed by atoms with E-state index >= 15 is 0 Å². The third-order valence-corrected chi connectivity index (χ3v) is 4.16. The molecule has 0 bridgehead atoms. The Hall–Kier alpha value is -1.08. The zero-order chi connectivity index (χ0) is 14.5. The van der Waals surface area contributed by atoms with Gasteiger partial charge in [-0.2, -0.15) is 0 Å². The van der Waals surface area contributed by atoms with Crippen LogP contribution < -0.4 is 0 Å². The zero-order valence-electron chi connectivity index (χ0n) is 12.2. The van der Waals surface area contributed by atoms with Crippen molar-refractivity contribution in [2.75, 3.05) is 19.5 Å². The van der Waals surface area contributed by atoms with Crippen LogP contribution in [-0.4, -0.2) is 46.3 Å². The Morgan fingerprint density at radius 1 is 1.55 bits per heavy atom. The quantitative estimate of drug-likeness (QED) is 0.590. The van der Waals surface area contributed by atoms with E-state index in [1.54, 1.807) is 0 Å². The number of nitrogens with zero attached hydrogens (tertiary/aromatic N) is 3. The van der Waals surface area contributed by atoms with Gasteiger partial charge in [0.15, 0.2) is 5.16 Å². The van der Waals surface area contributed by atoms with E-state index in [2.05, 4.69) is 33.3 Å². The highest BCUT2D eigenvalue weighted by molar-refractivity contribution is 7.99. The molecule has 2 heterocycles.